The fourth-order valence-electron chi connectivity index (χ4n) is 3.49. The maximum absolute atomic E-state index is 13.0. The second-order valence-electron chi connectivity index (χ2n) is 6.64. The molecule has 4 rings (SSSR count). The highest BCUT2D eigenvalue weighted by Gasteiger charge is 2.24. The van der Waals surface area contributed by atoms with E-state index in [0.717, 1.165) is 43.0 Å². The minimum atomic E-state index is 0.0704. The minimum absolute atomic E-state index is 0.0704. The number of H-pyrrole nitrogens is 1. The smallest absolute Gasteiger partial charge is 0.256 e. The van der Waals surface area contributed by atoms with Gasteiger partial charge in [-0.25, -0.2) is 4.98 Å². The van der Waals surface area contributed by atoms with Gasteiger partial charge < -0.3 is 14.8 Å². The lowest BCUT2D eigenvalue weighted by Crippen LogP contribution is -2.48. The SMILES string of the molecule is Cc1cccc(N2CCN(C(=O)c3cccc4[nH]c(C)nc34)CC2)c1. The monoisotopic (exact) mass is 334 g/mol. The van der Waals surface area contributed by atoms with Crippen LogP contribution in [-0.2, 0) is 0 Å². The van der Waals surface area contributed by atoms with E-state index in [1.165, 1.54) is 11.3 Å². The molecule has 0 unspecified atom stereocenters. The zero-order chi connectivity index (χ0) is 17.4. The number of nitrogens with zero attached hydrogens (tertiary/aromatic N) is 3. The van der Waals surface area contributed by atoms with E-state index in [1.54, 1.807) is 0 Å². The zero-order valence-electron chi connectivity index (χ0n) is 14.6. The number of para-hydroxylation sites is 1. The van der Waals surface area contributed by atoms with Crippen molar-refractivity contribution >= 4 is 22.6 Å². The van der Waals surface area contributed by atoms with Crippen molar-refractivity contribution in [3.8, 4) is 0 Å². The van der Waals surface area contributed by atoms with E-state index in [-0.39, 0.29) is 5.91 Å². The molecule has 1 fully saturated rings. The number of fused-ring (bicyclic) bond motifs is 1. The van der Waals surface area contributed by atoms with E-state index in [4.69, 9.17) is 0 Å². The summed E-state index contributed by atoms with van der Waals surface area (Å²) >= 11 is 0. The molecule has 0 spiro atoms. The normalized spacial score (nSPS) is 15.0. The van der Waals surface area contributed by atoms with E-state index in [1.807, 2.05) is 30.0 Å². The molecule has 5 heteroatoms. The van der Waals surface area contributed by atoms with Crippen molar-refractivity contribution in [1.82, 2.24) is 14.9 Å². The molecule has 0 saturated carbocycles. The second kappa shape index (κ2) is 6.24. The number of benzene rings is 2. The fourth-order valence-corrected chi connectivity index (χ4v) is 3.49. The van der Waals surface area contributed by atoms with Gasteiger partial charge in [0, 0.05) is 31.9 Å². The van der Waals surface area contributed by atoms with Crippen LogP contribution in [0.2, 0.25) is 0 Å². The quantitative estimate of drug-likeness (QED) is 0.783. The van der Waals surface area contributed by atoms with Gasteiger partial charge in [0.1, 0.15) is 11.3 Å². The second-order valence-corrected chi connectivity index (χ2v) is 6.64. The first-order valence-electron chi connectivity index (χ1n) is 8.68. The third-order valence-electron chi connectivity index (χ3n) is 4.80. The molecule has 0 radical (unpaired) electrons. The molecule has 3 aromatic rings. The highest BCUT2D eigenvalue weighted by molar-refractivity contribution is 6.05. The maximum Gasteiger partial charge on any atom is 0.256 e. The number of rotatable bonds is 2. The number of anilines is 1. The summed E-state index contributed by atoms with van der Waals surface area (Å²) in [6, 6.07) is 14.3. The third kappa shape index (κ3) is 2.97. The van der Waals surface area contributed by atoms with Gasteiger partial charge in [-0.15, -0.1) is 0 Å². The van der Waals surface area contributed by atoms with Crippen LogP contribution >= 0.6 is 0 Å². The summed E-state index contributed by atoms with van der Waals surface area (Å²) in [7, 11) is 0. The highest BCUT2D eigenvalue weighted by Crippen LogP contribution is 2.21. The summed E-state index contributed by atoms with van der Waals surface area (Å²) in [5.74, 6) is 0.903. The summed E-state index contributed by atoms with van der Waals surface area (Å²) in [5.41, 5.74) is 4.87. The van der Waals surface area contributed by atoms with E-state index in [9.17, 15) is 4.79 Å². The van der Waals surface area contributed by atoms with Crippen LogP contribution in [0.4, 0.5) is 5.69 Å². The Labute approximate surface area is 147 Å². The molecule has 1 saturated heterocycles. The molecule has 1 aromatic heterocycles. The number of amides is 1. The van der Waals surface area contributed by atoms with Crippen LogP contribution in [0.25, 0.3) is 11.0 Å². The lowest BCUT2D eigenvalue weighted by atomic mass is 10.1. The average Bonchev–Trinajstić information content (AvgIpc) is 3.01. The molecule has 0 aliphatic carbocycles. The lowest BCUT2D eigenvalue weighted by molar-refractivity contribution is 0.0748. The van der Waals surface area contributed by atoms with Crippen LogP contribution in [0.5, 0.6) is 0 Å². The van der Waals surface area contributed by atoms with Crippen molar-refractivity contribution in [2.24, 2.45) is 0 Å². The van der Waals surface area contributed by atoms with Gasteiger partial charge in [-0.05, 0) is 43.7 Å². The highest BCUT2D eigenvalue weighted by atomic mass is 16.2. The molecule has 25 heavy (non-hydrogen) atoms. The van der Waals surface area contributed by atoms with Gasteiger partial charge in [0.05, 0.1) is 11.1 Å². The van der Waals surface area contributed by atoms with Gasteiger partial charge in [0.2, 0.25) is 0 Å². The third-order valence-corrected chi connectivity index (χ3v) is 4.80. The maximum atomic E-state index is 13.0. The Kier molecular flexibility index (Phi) is 3.92. The van der Waals surface area contributed by atoms with Crippen LogP contribution in [-0.4, -0.2) is 47.0 Å². The van der Waals surface area contributed by atoms with Gasteiger partial charge in [0.25, 0.3) is 5.91 Å². The summed E-state index contributed by atoms with van der Waals surface area (Å²) in [4.78, 5) is 24.9. The van der Waals surface area contributed by atoms with Crippen LogP contribution in [0.15, 0.2) is 42.5 Å². The predicted octanol–water partition coefficient (Wildman–Crippen LogP) is 3.14. The van der Waals surface area contributed by atoms with E-state index in [2.05, 4.69) is 46.1 Å². The van der Waals surface area contributed by atoms with Crippen molar-refractivity contribution in [2.45, 2.75) is 13.8 Å². The molecule has 1 aliphatic rings. The largest absolute Gasteiger partial charge is 0.368 e. The topological polar surface area (TPSA) is 52.2 Å². The van der Waals surface area contributed by atoms with E-state index in [0.29, 0.717) is 5.56 Å². The number of imidazole rings is 1. The Morgan fingerprint density at radius 3 is 2.56 bits per heavy atom. The molecule has 1 N–H and O–H groups in total. The number of nitrogens with one attached hydrogen (secondary N) is 1. The molecule has 2 aromatic carbocycles. The van der Waals surface area contributed by atoms with Crippen molar-refractivity contribution < 1.29 is 4.79 Å². The summed E-state index contributed by atoms with van der Waals surface area (Å²) in [6.45, 7) is 7.18. The van der Waals surface area contributed by atoms with Crippen LogP contribution in [0.1, 0.15) is 21.7 Å². The van der Waals surface area contributed by atoms with Crippen molar-refractivity contribution in [3.05, 3.63) is 59.4 Å². The van der Waals surface area contributed by atoms with E-state index >= 15 is 0 Å². The van der Waals surface area contributed by atoms with Crippen molar-refractivity contribution in [2.75, 3.05) is 31.1 Å². The summed E-state index contributed by atoms with van der Waals surface area (Å²) < 4.78 is 0. The molecule has 2 heterocycles. The Balaban J connectivity index is 1.51. The molecule has 0 bridgehead atoms. The number of carbonyl (C=O) groups excluding carboxylic acids is 1. The van der Waals surface area contributed by atoms with Crippen molar-refractivity contribution in [1.29, 1.82) is 0 Å². The molecule has 5 nitrogen and oxygen atoms in total. The molecule has 128 valence electrons. The number of piperazine rings is 1. The Morgan fingerprint density at radius 1 is 1.04 bits per heavy atom. The summed E-state index contributed by atoms with van der Waals surface area (Å²) in [5, 5.41) is 0. The zero-order valence-corrected chi connectivity index (χ0v) is 14.6. The van der Waals surface area contributed by atoms with E-state index < -0.39 is 0 Å². The molecular formula is C20H22N4O. The minimum Gasteiger partial charge on any atom is -0.368 e. The number of aromatic nitrogens is 2. The van der Waals surface area contributed by atoms with Gasteiger partial charge in [-0.2, -0.15) is 0 Å². The van der Waals surface area contributed by atoms with Crippen LogP contribution in [0, 0.1) is 13.8 Å². The predicted molar refractivity (Wildman–Crippen MR) is 100 cm³/mol. The number of hydrogen-bond acceptors (Lipinski definition) is 3. The van der Waals surface area contributed by atoms with Gasteiger partial charge >= 0.3 is 0 Å². The Hall–Kier alpha value is -2.82. The van der Waals surface area contributed by atoms with Crippen LogP contribution < -0.4 is 4.90 Å². The first-order chi connectivity index (χ1) is 12.1. The number of carbonyl (C=O) groups is 1. The lowest BCUT2D eigenvalue weighted by Gasteiger charge is -2.36. The Morgan fingerprint density at radius 2 is 1.80 bits per heavy atom. The first kappa shape index (κ1) is 15.7. The first-order valence-corrected chi connectivity index (χ1v) is 8.68. The van der Waals surface area contributed by atoms with Gasteiger partial charge in [-0.3, -0.25) is 4.79 Å². The van der Waals surface area contributed by atoms with Crippen LogP contribution in [0.3, 0.4) is 0 Å². The van der Waals surface area contributed by atoms with Gasteiger partial charge in [-0.1, -0.05) is 18.2 Å². The number of aromatic amines is 1. The Bertz CT molecular complexity index is 922. The number of hydrogen-bond donors (Lipinski definition) is 1. The standard InChI is InChI=1S/C20H22N4O/c1-14-5-3-6-16(13-14)23-9-11-24(12-10-23)20(25)17-7-4-8-18-19(17)22-15(2)21-18/h3-8,13H,9-12H2,1-2H3,(H,21,22). The number of aryl methyl sites for hydroxylation is 2. The molecule has 1 amide bonds. The molecule has 1 aliphatic heterocycles. The van der Waals surface area contributed by atoms with Crippen molar-refractivity contribution in [3.63, 3.8) is 0 Å². The van der Waals surface area contributed by atoms with Gasteiger partial charge in [0.15, 0.2) is 0 Å². The summed E-state index contributed by atoms with van der Waals surface area (Å²) in [6.07, 6.45) is 0. The average molecular weight is 334 g/mol. The molecular weight excluding hydrogens is 312 g/mol. The molecule has 0 atom stereocenters. The fraction of sp³-hybridized carbons (Fsp3) is 0.300.